The first-order valence-electron chi connectivity index (χ1n) is 3.63. The molecular formula is C8H8BrClF3NO. The number of nitrogens with two attached hydrogens (primary N) is 1. The molecule has 1 aromatic rings. The fourth-order valence-electron chi connectivity index (χ4n) is 0.906. The summed E-state index contributed by atoms with van der Waals surface area (Å²) in [4.78, 5) is 0. The lowest BCUT2D eigenvalue weighted by atomic mass is 10.1. The molecule has 0 saturated heterocycles. The summed E-state index contributed by atoms with van der Waals surface area (Å²) in [5.74, 6) is -0.122. The molecule has 15 heavy (non-hydrogen) atoms. The Kier molecular flexibility index (Phi) is 4.89. The Balaban J connectivity index is 0.00000196. The van der Waals surface area contributed by atoms with Crippen LogP contribution < -0.4 is 5.73 Å². The van der Waals surface area contributed by atoms with Gasteiger partial charge >= 0.3 is 6.18 Å². The second-order valence-electron chi connectivity index (χ2n) is 2.73. The van der Waals surface area contributed by atoms with E-state index in [-0.39, 0.29) is 28.2 Å². The lowest BCUT2D eigenvalue weighted by molar-refractivity contribution is -0.149. The minimum absolute atomic E-state index is 0. The Bertz CT molecular complexity index is 345. The van der Waals surface area contributed by atoms with Gasteiger partial charge in [0.25, 0.3) is 0 Å². The average Bonchev–Trinajstić information content (AvgIpc) is 2.07. The van der Waals surface area contributed by atoms with Crippen LogP contribution in [0.2, 0.25) is 0 Å². The smallest absolute Gasteiger partial charge is 0.407 e. The van der Waals surface area contributed by atoms with Gasteiger partial charge in [-0.2, -0.15) is 13.2 Å². The molecule has 0 heterocycles. The van der Waals surface area contributed by atoms with Crippen LogP contribution in [0.4, 0.5) is 13.2 Å². The molecule has 0 amide bonds. The highest BCUT2D eigenvalue weighted by Crippen LogP contribution is 2.33. The van der Waals surface area contributed by atoms with Crippen LogP contribution >= 0.6 is 28.3 Å². The van der Waals surface area contributed by atoms with Gasteiger partial charge in [-0.15, -0.1) is 12.4 Å². The second kappa shape index (κ2) is 5.05. The van der Waals surface area contributed by atoms with Gasteiger partial charge in [-0.1, -0.05) is 6.07 Å². The van der Waals surface area contributed by atoms with Crippen molar-refractivity contribution in [3.8, 4) is 5.75 Å². The van der Waals surface area contributed by atoms with Crippen molar-refractivity contribution in [3.05, 3.63) is 28.2 Å². The van der Waals surface area contributed by atoms with Crippen LogP contribution in [0.15, 0.2) is 22.7 Å². The third kappa shape index (κ3) is 3.55. The molecule has 0 aliphatic rings. The Hall–Kier alpha value is -0.460. The summed E-state index contributed by atoms with van der Waals surface area (Å²) in [6, 6.07) is 1.41. The molecule has 0 aliphatic heterocycles. The standard InChI is InChI=1S/C8H7BrF3NO.ClH/c9-5-3-4(1-2-6(5)14)7(13)8(10,11)12;/h1-3,7,14H,13H2;1H/t7-;/m0./s1. The number of alkyl halides is 3. The molecule has 0 aromatic heterocycles. The van der Waals surface area contributed by atoms with Crippen LogP contribution in [0.1, 0.15) is 11.6 Å². The van der Waals surface area contributed by atoms with Crippen molar-refractivity contribution in [2.24, 2.45) is 5.73 Å². The number of halogens is 5. The maximum Gasteiger partial charge on any atom is 0.407 e. The topological polar surface area (TPSA) is 46.2 Å². The second-order valence-corrected chi connectivity index (χ2v) is 3.58. The zero-order valence-electron chi connectivity index (χ0n) is 7.25. The quantitative estimate of drug-likeness (QED) is 0.837. The van der Waals surface area contributed by atoms with Gasteiger partial charge in [0, 0.05) is 0 Å². The van der Waals surface area contributed by atoms with E-state index >= 15 is 0 Å². The molecule has 3 N–H and O–H groups in total. The van der Waals surface area contributed by atoms with Crippen molar-refractivity contribution < 1.29 is 18.3 Å². The number of benzene rings is 1. The first-order valence-corrected chi connectivity index (χ1v) is 4.42. The summed E-state index contributed by atoms with van der Waals surface area (Å²) < 4.78 is 36.7. The zero-order chi connectivity index (χ0) is 10.9. The van der Waals surface area contributed by atoms with Gasteiger partial charge in [0.15, 0.2) is 0 Å². The maximum absolute atomic E-state index is 12.2. The Labute approximate surface area is 98.8 Å². The number of aromatic hydroxyl groups is 1. The van der Waals surface area contributed by atoms with Crippen molar-refractivity contribution in [2.75, 3.05) is 0 Å². The van der Waals surface area contributed by atoms with Crippen molar-refractivity contribution in [3.63, 3.8) is 0 Å². The van der Waals surface area contributed by atoms with Crippen molar-refractivity contribution >= 4 is 28.3 Å². The normalized spacial score (nSPS) is 13.1. The van der Waals surface area contributed by atoms with E-state index in [9.17, 15) is 13.2 Å². The molecule has 0 fully saturated rings. The highest BCUT2D eigenvalue weighted by molar-refractivity contribution is 9.10. The highest BCUT2D eigenvalue weighted by Gasteiger charge is 2.37. The molecule has 0 radical (unpaired) electrons. The molecule has 0 spiro atoms. The minimum Gasteiger partial charge on any atom is -0.507 e. The lowest BCUT2D eigenvalue weighted by Crippen LogP contribution is -2.28. The maximum atomic E-state index is 12.2. The third-order valence-electron chi connectivity index (χ3n) is 1.68. The average molecular weight is 307 g/mol. The fourth-order valence-corrected chi connectivity index (χ4v) is 1.30. The molecular weight excluding hydrogens is 298 g/mol. The number of hydrogen-bond donors (Lipinski definition) is 2. The van der Waals surface area contributed by atoms with Crippen molar-refractivity contribution in [1.82, 2.24) is 0 Å². The lowest BCUT2D eigenvalue weighted by Gasteiger charge is -2.16. The van der Waals surface area contributed by atoms with Crippen molar-refractivity contribution in [1.29, 1.82) is 0 Å². The van der Waals surface area contributed by atoms with Gasteiger partial charge in [-0.05, 0) is 33.6 Å². The van der Waals surface area contributed by atoms with Crippen LogP contribution in [0.25, 0.3) is 0 Å². The molecule has 86 valence electrons. The van der Waals surface area contributed by atoms with Crippen LogP contribution in [0, 0.1) is 0 Å². The monoisotopic (exact) mass is 305 g/mol. The molecule has 0 saturated carbocycles. The molecule has 7 heteroatoms. The summed E-state index contributed by atoms with van der Waals surface area (Å²) >= 11 is 2.91. The molecule has 2 nitrogen and oxygen atoms in total. The summed E-state index contributed by atoms with van der Waals surface area (Å²) in [7, 11) is 0. The van der Waals surface area contributed by atoms with Crippen molar-refractivity contribution in [2.45, 2.75) is 12.2 Å². The fraction of sp³-hybridized carbons (Fsp3) is 0.250. The van der Waals surface area contributed by atoms with E-state index in [1.54, 1.807) is 0 Å². The Morgan fingerprint density at radius 2 is 1.87 bits per heavy atom. The van der Waals surface area contributed by atoms with E-state index in [0.717, 1.165) is 18.2 Å². The van der Waals surface area contributed by atoms with E-state index < -0.39 is 12.2 Å². The molecule has 0 aliphatic carbocycles. The molecule has 1 aromatic carbocycles. The van der Waals surface area contributed by atoms with Crippen LogP contribution in [0.3, 0.4) is 0 Å². The molecule has 1 rings (SSSR count). The van der Waals surface area contributed by atoms with Gasteiger partial charge in [0.1, 0.15) is 11.8 Å². The number of hydrogen-bond acceptors (Lipinski definition) is 2. The van der Waals surface area contributed by atoms with Gasteiger partial charge < -0.3 is 10.8 Å². The Morgan fingerprint density at radius 3 is 2.27 bits per heavy atom. The van der Waals surface area contributed by atoms with Gasteiger partial charge in [-0.3, -0.25) is 0 Å². The summed E-state index contributed by atoms with van der Waals surface area (Å²) in [6.45, 7) is 0. The van der Waals surface area contributed by atoms with E-state index in [1.165, 1.54) is 0 Å². The summed E-state index contributed by atoms with van der Waals surface area (Å²) in [6.07, 6.45) is -4.48. The van der Waals surface area contributed by atoms with E-state index in [0.29, 0.717) is 0 Å². The van der Waals surface area contributed by atoms with Crippen LogP contribution in [-0.4, -0.2) is 11.3 Å². The third-order valence-corrected chi connectivity index (χ3v) is 2.32. The summed E-state index contributed by atoms with van der Waals surface area (Å²) in [5.41, 5.74) is 4.87. The largest absolute Gasteiger partial charge is 0.507 e. The van der Waals surface area contributed by atoms with Gasteiger partial charge in [0.05, 0.1) is 4.47 Å². The molecule has 0 bridgehead atoms. The van der Waals surface area contributed by atoms with Crippen LogP contribution in [-0.2, 0) is 0 Å². The van der Waals surface area contributed by atoms with E-state index in [1.807, 2.05) is 0 Å². The SMILES string of the molecule is Cl.N[C@@H](c1ccc(O)c(Br)c1)C(F)(F)F. The van der Waals surface area contributed by atoms with E-state index in [4.69, 9.17) is 10.8 Å². The van der Waals surface area contributed by atoms with Gasteiger partial charge in [0.2, 0.25) is 0 Å². The highest BCUT2D eigenvalue weighted by atomic mass is 79.9. The van der Waals surface area contributed by atoms with Gasteiger partial charge in [-0.25, -0.2) is 0 Å². The zero-order valence-corrected chi connectivity index (χ0v) is 9.66. The Morgan fingerprint density at radius 1 is 1.33 bits per heavy atom. The summed E-state index contributed by atoms with van der Waals surface area (Å²) in [5, 5.41) is 9.06. The van der Waals surface area contributed by atoms with E-state index in [2.05, 4.69) is 15.9 Å². The molecule has 0 unspecified atom stereocenters. The van der Waals surface area contributed by atoms with Crippen LogP contribution in [0.5, 0.6) is 5.75 Å². The first-order chi connectivity index (χ1) is 6.32. The minimum atomic E-state index is -4.48. The number of phenols is 1. The predicted molar refractivity (Wildman–Crippen MR) is 56.0 cm³/mol. The number of phenolic OH excluding ortho intramolecular Hbond substituents is 1. The first kappa shape index (κ1) is 14.5. The predicted octanol–water partition coefficient (Wildman–Crippen LogP) is 3.14. The molecule has 1 atom stereocenters. The number of rotatable bonds is 1.